The van der Waals surface area contributed by atoms with Crippen LogP contribution < -0.4 is 9.62 Å². The number of non-ortho nitro benzene ring substituents is 1. The Morgan fingerprint density at radius 2 is 2.04 bits per heavy atom. The Balaban J connectivity index is 1.74. The van der Waals surface area contributed by atoms with Crippen molar-refractivity contribution in [3.8, 4) is 0 Å². The fourth-order valence-corrected chi connectivity index (χ4v) is 4.27. The minimum Gasteiger partial charge on any atom is -0.379 e. The van der Waals surface area contributed by atoms with Crippen molar-refractivity contribution in [2.24, 2.45) is 0 Å². The number of hydrogen-bond acceptors (Lipinski definition) is 5. The molecule has 0 bridgehead atoms. The van der Waals surface area contributed by atoms with Crippen molar-refractivity contribution in [1.29, 1.82) is 0 Å². The molecule has 1 N–H and O–H groups in total. The van der Waals surface area contributed by atoms with Gasteiger partial charge in [0.1, 0.15) is 0 Å². The molecule has 0 radical (unpaired) electrons. The summed E-state index contributed by atoms with van der Waals surface area (Å²) in [7, 11) is -3.25. The van der Waals surface area contributed by atoms with Crippen LogP contribution in [0.5, 0.6) is 0 Å². The highest BCUT2D eigenvalue weighted by molar-refractivity contribution is 7.93. The third-order valence-corrected chi connectivity index (χ3v) is 5.81. The van der Waals surface area contributed by atoms with E-state index in [-0.39, 0.29) is 23.7 Å². The van der Waals surface area contributed by atoms with Crippen molar-refractivity contribution in [3.05, 3.63) is 64.0 Å². The van der Waals surface area contributed by atoms with Crippen LogP contribution in [-0.2, 0) is 16.6 Å². The van der Waals surface area contributed by atoms with Crippen LogP contribution >= 0.6 is 0 Å². The molecule has 0 aromatic heterocycles. The molecular weight excluding hydrogens is 349 g/mol. The fourth-order valence-electron chi connectivity index (χ4n) is 2.71. The molecule has 132 valence electrons. The maximum atomic E-state index is 13.9. The number of halogens is 1. The van der Waals surface area contributed by atoms with Crippen molar-refractivity contribution in [1.82, 2.24) is 0 Å². The Morgan fingerprint density at radius 3 is 2.68 bits per heavy atom. The van der Waals surface area contributed by atoms with Gasteiger partial charge in [-0.05, 0) is 30.2 Å². The smallest absolute Gasteiger partial charge is 0.272 e. The molecule has 1 fully saturated rings. The lowest BCUT2D eigenvalue weighted by molar-refractivity contribution is -0.385. The monoisotopic (exact) mass is 365 g/mol. The molecule has 2 aromatic carbocycles. The van der Waals surface area contributed by atoms with Crippen LogP contribution in [0.25, 0.3) is 0 Å². The molecule has 1 aliphatic heterocycles. The second kappa shape index (κ2) is 6.67. The first-order valence-electron chi connectivity index (χ1n) is 7.64. The Kier molecular flexibility index (Phi) is 4.58. The maximum absolute atomic E-state index is 13.9. The molecule has 7 nitrogen and oxygen atoms in total. The zero-order valence-electron chi connectivity index (χ0n) is 13.2. The summed E-state index contributed by atoms with van der Waals surface area (Å²) in [5.74, 6) is -0.573. The molecule has 0 amide bonds. The molecule has 0 atom stereocenters. The number of sulfonamides is 1. The number of nitrogens with one attached hydrogen (secondary N) is 1. The van der Waals surface area contributed by atoms with Crippen molar-refractivity contribution in [2.75, 3.05) is 21.9 Å². The highest BCUT2D eigenvalue weighted by Crippen LogP contribution is 2.26. The third-order valence-electron chi connectivity index (χ3n) is 3.94. The summed E-state index contributed by atoms with van der Waals surface area (Å²) >= 11 is 0. The minimum atomic E-state index is -3.25. The van der Waals surface area contributed by atoms with E-state index in [1.54, 1.807) is 24.3 Å². The summed E-state index contributed by atoms with van der Waals surface area (Å²) in [4.78, 5) is 9.96. The molecule has 9 heteroatoms. The Hall–Kier alpha value is -2.68. The maximum Gasteiger partial charge on any atom is 0.272 e. The number of nitro groups is 1. The predicted molar refractivity (Wildman–Crippen MR) is 92.6 cm³/mol. The molecule has 0 saturated carbocycles. The second-order valence-electron chi connectivity index (χ2n) is 5.69. The van der Waals surface area contributed by atoms with Gasteiger partial charge in [-0.25, -0.2) is 12.8 Å². The van der Waals surface area contributed by atoms with Gasteiger partial charge in [0.05, 0.1) is 28.1 Å². The van der Waals surface area contributed by atoms with E-state index in [4.69, 9.17) is 0 Å². The molecule has 1 saturated heterocycles. The van der Waals surface area contributed by atoms with Gasteiger partial charge < -0.3 is 5.32 Å². The molecule has 2 aromatic rings. The van der Waals surface area contributed by atoms with Crippen molar-refractivity contribution < 1.29 is 17.7 Å². The first-order chi connectivity index (χ1) is 11.9. The molecule has 1 aliphatic rings. The van der Waals surface area contributed by atoms with E-state index in [0.29, 0.717) is 18.7 Å². The van der Waals surface area contributed by atoms with Gasteiger partial charge in [-0.1, -0.05) is 12.1 Å². The van der Waals surface area contributed by atoms with Gasteiger partial charge >= 0.3 is 0 Å². The van der Waals surface area contributed by atoms with Crippen LogP contribution in [0.15, 0.2) is 42.5 Å². The van der Waals surface area contributed by atoms with Gasteiger partial charge in [-0.15, -0.1) is 0 Å². The van der Waals surface area contributed by atoms with Crippen LogP contribution in [-0.4, -0.2) is 25.6 Å². The molecular formula is C16H16FN3O4S. The molecule has 0 aliphatic carbocycles. The van der Waals surface area contributed by atoms with E-state index in [1.807, 2.05) is 0 Å². The zero-order valence-corrected chi connectivity index (χ0v) is 14.0. The van der Waals surface area contributed by atoms with E-state index in [2.05, 4.69) is 5.32 Å². The summed E-state index contributed by atoms with van der Waals surface area (Å²) in [5.41, 5.74) is 1.19. The predicted octanol–water partition coefficient (Wildman–Crippen LogP) is 2.89. The van der Waals surface area contributed by atoms with Crippen molar-refractivity contribution in [2.45, 2.75) is 13.0 Å². The quantitative estimate of drug-likeness (QED) is 0.650. The first-order valence-corrected chi connectivity index (χ1v) is 9.25. The van der Waals surface area contributed by atoms with E-state index >= 15 is 0 Å². The van der Waals surface area contributed by atoms with Gasteiger partial charge in [-0.2, -0.15) is 0 Å². The van der Waals surface area contributed by atoms with Crippen LogP contribution in [0, 0.1) is 15.9 Å². The van der Waals surface area contributed by atoms with Crippen LogP contribution in [0.2, 0.25) is 0 Å². The number of anilines is 2. The van der Waals surface area contributed by atoms with E-state index in [1.165, 1.54) is 16.4 Å². The second-order valence-corrected chi connectivity index (χ2v) is 7.70. The number of nitro benzene ring substituents is 1. The number of hydrogen-bond donors (Lipinski definition) is 1. The van der Waals surface area contributed by atoms with E-state index in [0.717, 1.165) is 11.6 Å². The lowest BCUT2D eigenvalue weighted by Crippen LogP contribution is -2.25. The van der Waals surface area contributed by atoms with Crippen LogP contribution in [0.4, 0.5) is 21.5 Å². The van der Waals surface area contributed by atoms with E-state index in [9.17, 15) is 22.9 Å². The topological polar surface area (TPSA) is 92.6 Å². The third kappa shape index (κ3) is 3.71. The van der Waals surface area contributed by atoms with Crippen molar-refractivity contribution in [3.63, 3.8) is 0 Å². The summed E-state index contributed by atoms with van der Waals surface area (Å²) in [6, 6.07) is 10.4. The summed E-state index contributed by atoms with van der Waals surface area (Å²) in [6.45, 7) is 0.715. The average molecular weight is 365 g/mol. The Bertz CT molecular complexity index is 917. The minimum absolute atomic E-state index is 0.142. The molecule has 1 heterocycles. The lowest BCUT2D eigenvalue weighted by atomic mass is 10.2. The average Bonchev–Trinajstić information content (AvgIpc) is 2.93. The highest BCUT2D eigenvalue weighted by Gasteiger charge is 2.28. The molecule has 0 spiro atoms. The van der Waals surface area contributed by atoms with Gasteiger partial charge in [0.25, 0.3) is 5.69 Å². The first kappa shape index (κ1) is 17.2. The van der Waals surface area contributed by atoms with Gasteiger partial charge in [0.2, 0.25) is 10.0 Å². The standard InChI is InChI=1S/C16H16FN3O4S/c17-15-10-14(20(21)22)5-6-16(15)18-11-12-3-1-4-13(9-12)19-7-2-8-25(19,23)24/h1,3-6,9-10,18H,2,7-8,11H2. The van der Waals surface area contributed by atoms with Crippen LogP contribution in [0.3, 0.4) is 0 Å². The van der Waals surface area contributed by atoms with Gasteiger partial charge in [-0.3, -0.25) is 14.4 Å². The van der Waals surface area contributed by atoms with Crippen LogP contribution in [0.1, 0.15) is 12.0 Å². The zero-order chi connectivity index (χ0) is 18.0. The lowest BCUT2D eigenvalue weighted by Gasteiger charge is -2.18. The molecule has 3 rings (SSSR count). The fraction of sp³-hybridized carbons (Fsp3) is 0.250. The Morgan fingerprint density at radius 1 is 1.24 bits per heavy atom. The van der Waals surface area contributed by atoms with Gasteiger partial charge in [0, 0.05) is 19.2 Å². The highest BCUT2D eigenvalue weighted by atomic mass is 32.2. The SMILES string of the molecule is O=[N+]([O-])c1ccc(NCc2cccc(N3CCCS3(=O)=O)c2)c(F)c1. The number of benzene rings is 2. The Labute approximate surface area is 144 Å². The summed E-state index contributed by atoms with van der Waals surface area (Å²) in [6.07, 6.45) is 0.596. The summed E-state index contributed by atoms with van der Waals surface area (Å²) in [5, 5.41) is 13.5. The summed E-state index contributed by atoms with van der Waals surface area (Å²) < 4.78 is 39.2. The van der Waals surface area contributed by atoms with Crippen molar-refractivity contribution >= 4 is 27.1 Å². The molecule has 25 heavy (non-hydrogen) atoms. The van der Waals surface area contributed by atoms with E-state index < -0.39 is 20.8 Å². The number of rotatable bonds is 5. The molecule has 0 unspecified atom stereocenters. The number of nitrogens with zero attached hydrogens (tertiary/aromatic N) is 2. The van der Waals surface area contributed by atoms with Gasteiger partial charge in [0.15, 0.2) is 5.82 Å². The largest absolute Gasteiger partial charge is 0.379 e. The normalized spacial score (nSPS) is 16.0.